The van der Waals surface area contributed by atoms with Crippen molar-refractivity contribution in [1.82, 2.24) is 9.78 Å². The standard InChI is InChI=1S/C24H20N4OS/c1-15-20(14-26-23-19(13-25)18-10-4-5-12-22(18)30-23)24(29)28(27-15)21-11-6-8-16-7-2-3-9-17(16)21/h2-3,6-9,11,14,27H,4-5,10,12H2,1H3. The van der Waals surface area contributed by atoms with Crippen molar-refractivity contribution in [3.8, 4) is 11.8 Å². The Hall–Kier alpha value is -3.43. The molecule has 1 N–H and O–H groups in total. The SMILES string of the molecule is Cc1[nH]n(-c2cccc3ccccc23)c(=O)c1C=Nc1sc2c(c1C#N)CCCC2. The van der Waals surface area contributed by atoms with E-state index in [4.69, 9.17) is 0 Å². The summed E-state index contributed by atoms with van der Waals surface area (Å²) < 4.78 is 1.57. The molecule has 0 atom stereocenters. The normalized spacial score (nSPS) is 13.6. The molecule has 1 aliphatic rings. The number of aromatic nitrogens is 2. The first kappa shape index (κ1) is 18.6. The number of rotatable bonds is 3. The van der Waals surface area contributed by atoms with Crippen LogP contribution in [0.15, 0.2) is 52.3 Å². The van der Waals surface area contributed by atoms with E-state index in [0.29, 0.717) is 16.1 Å². The second kappa shape index (κ2) is 7.43. The van der Waals surface area contributed by atoms with Gasteiger partial charge in [-0.3, -0.25) is 9.89 Å². The number of fused-ring (bicyclic) bond motifs is 2. The van der Waals surface area contributed by atoms with Crippen molar-refractivity contribution in [3.63, 3.8) is 0 Å². The summed E-state index contributed by atoms with van der Waals surface area (Å²) in [7, 11) is 0. The van der Waals surface area contributed by atoms with Crippen LogP contribution in [0.5, 0.6) is 0 Å². The van der Waals surface area contributed by atoms with Gasteiger partial charge in [-0.25, -0.2) is 9.67 Å². The molecule has 30 heavy (non-hydrogen) atoms. The Kier molecular flexibility index (Phi) is 4.61. The molecule has 4 aromatic rings. The Morgan fingerprint density at radius 3 is 2.83 bits per heavy atom. The van der Waals surface area contributed by atoms with Crippen LogP contribution >= 0.6 is 11.3 Å². The fourth-order valence-corrected chi connectivity index (χ4v) is 5.35. The maximum atomic E-state index is 13.2. The second-order valence-corrected chi connectivity index (χ2v) is 8.63. The van der Waals surface area contributed by atoms with Crippen LogP contribution < -0.4 is 5.56 Å². The third-order valence-corrected chi connectivity index (χ3v) is 6.90. The van der Waals surface area contributed by atoms with Crippen LogP contribution in [-0.4, -0.2) is 16.0 Å². The minimum Gasteiger partial charge on any atom is -0.295 e. The average Bonchev–Trinajstić information content (AvgIpc) is 3.27. The Labute approximate surface area is 177 Å². The van der Waals surface area contributed by atoms with E-state index in [1.54, 1.807) is 22.2 Å². The van der Waals surface area contributed by atoms with Gasteiger partial charge in [0.15, 0.2) is 0 Å². The van der Waals surface area contributed by atoms with E-state index >= 15 is 0 Å². The number of aromatic amines is 1. The lowest BCUT2D eigenvalue weighted by molar-refractivity contribution is 0.696. The molecule has 148 valence electrons. The molecule has 0 aliphatic heterocycles. The molecule has 6 heteroatoms. The lowest BCUT2D eigenvalue weighted by Crippen LogP contribution is -2.17. The second-order valence-electron chi connectivity index (χ2n) is 7.55. The highest BCUT2D eigenvalue weighted by Crippen LogP contribution is 2.39. The molecule has 0 radical (unpaired) electrons. The molecule has 0 saturated heterocycles. The van der Waals surface area contributed by atoms with Crippen molar-refractivity contribution in [3.05, 3.63) is 80.1 Å². The van der Waals surface area contributed by atoms with Gasteiger partial charge in [-0.1, -0.05) is 36.4 Å². The summed E-state index contributed by atoms with van der Waals surface area (Å²) in [5, 5.41) is 15.6. The number of benzene rings is 2. The number of hydrogen-bond donors (Lipinski definition) is 1. The van der Waals surface area contributed by atoms with Crippen LogP contribution in [0.2, 0.25) is 0 Å². The van der Waals surface area contributed by atoms with Crippen LogP contribution in [0, 0.1) is 18.3 Å². The summed E-state index contributed by atoms with van der Waals surface area (Å²) in [4.78, 5) is 19.0. The molecule has 0 fully saturated rings. The summed E-state index contributed by atoms with van der Waals surface area (Å²) in [6.45, 7) is 1.87. The van der Waals surface area contributed by atoms with Gasteiger partial charge in [0, 0.05) is 22.2 Å². The fraction of sp³-hybridized carbons (Fsp3) is 0.208. The van der Waals surface area contributed by atoms with Gasteiger partial charge < -0.3 is 0 Å². The van der Waals surface area contributed by atoms with E-state index in [9.17, 15) is 10.1 Å². The molecule has 0 amide bonds. The van der Waals surface area contributed by atoms with Gasteiger partial charge in [-0.15, -0.1) is 11.3 Å². The first-order chi connectivity index (χ1) is 14.7. The molecule has 0 saturated carbocycles. The molecule has 2 aromatic carbocycles. The molecule has 0 unspecified atom stereocenters. The number of H-pyrrole nitrogens is 1. The predicted molar refractivity (Wildman–Crippen MR) is 122 cm³/mol. The van der Waals surface area contributed by atoms with Crippen molar-refractivity contribution in [2.75, 3.05) is 0 Å². The first-order valence-corrected chi connectivity index (χ1v) is 10.9. The van der Waals surface area contributed by atoms with E-state index in [0.717, 1.165) is 53.4 Å². The topological polar surface area (TPSA) is 73.9 Å². The molecular weight excluding hydrogens is 392 g/mol. The lowest BCUT2D eigenvalue weighted by atomic mass is 9.96. The highest BCUT2D eigenvalue weighted by Gasteiger charge is 2.20. The number of aliphatic imine (C=N–C) groups is 1. The summed E-state index contributed by atoms with van der Waals surface area (Å²) in [6.07, 6.45) is 5.85. The maximum Gasteiger partial charge on any atom is 0.280 e. The zero-order valence-electron chi connectivity index (χ0n) is 16.6. The van der Waals surface area contributed by atoms with Crippen LogP contribution in [0.25, 0.3) is 16.5 Å². The van der Waals surface area contributed by atoms with Crippen molar-refractivity contribution in [1.29, 1.82) is 5.26 Å². The third-order valence-electron chi connectivity index (χ3n) is 5.70. The van der Waals surface area contributed by atoms with Crippen LogP contribution in [0.3, 0.4) is 0 Å². The molecule has 2 heterocycles. The third kappa shape index (κ3) is 2.99. The van der Waals surface area contributed by atoms with Gasteiger partial charge in [-0.05, 0) is 49.6 Å². The van der Waals surface area contributed by atoms with Gasteiger partial charge in [-0.2, -0.15) is 5.26 Å². The molecule has 5 nitrogen and oxygen atoms in total. The van der Waals surface area contributed by atoms with E-state index in [2.05, 4.69) is 16.2 Å². The predicted octanol–water partition coefficient (Wildman–Crippen LogP) is 5.19. The fourth-order valence-electron chi connectivity index (χ4n) is 4.17. The zero-order valence-corrected chi connectivity index (χ0v) is 17.4. The van der Waals surface area contributed by atoms with Crippen molar-refractivity contribution < 1.29 is 0 Å². The van der Waals surface area contributed by atoms with Crippen LogP contribution in [-0.2, 0) is 12.8 Å². The van der Waals surface area contributed by atoms with E-state index in [-0.39, 0.29) is 5.56 Å². The quantitative estimate of drug-likeness (QED) is 0.470. The van der Waals surface area contributed by atoms with Crippen molar-refractivity contribution in [2.24, 2.45) is 4.99 Å². The highest BCUT2D eigenvalue weighted by atomic mass is 32.1. The number of nitrogens with one attached hydrogen (secondary N) is 1. The monoisotopic (exact) mass is 412 g/mol. The number of thiophene rings is 1. The Balaban J connectivity index is 1.58. The molecular formula is C24H20N4OS. The van der Waals surface area contributed by atoms with Crippen molar-refractivity contribution in [2.45, 2.75) is 32.6 Å². The zero-order chi connectivity index (χ0) is 20.7. The largest absolute Gasteiger partial charge is 0.295 e. The summed E-state index contributed by atoms with van der Waals surface area (Å²) >= 11 is 1.58. The number of aryl methyl sites for hydroxylation is 2. The molecule has 0 spiro atoms. The van der Waals surface area contributed by atoms with Crippen LogP contribution in [0.4, 0.5) is 5.00 Å². The Bertz CT molecular complexity index is 1390. The summed E-state index contributed by atoms with van der Waals surface area (Å²) in [5.74, 6) is 0. The van der Waals surface area contributed by atoms with Gasteiger partial charge >= 0.3 is 0 Å². The molecule has 5 rings (SSSR count). The van der Waals surface area contributed by atoms with Gasteiger partial charge in [0.05, 0.1) is 16.8 Å². The number of nitriles is 1. The molecule has 0 bridgehead atoms. The maximum absolute atomic E-state index is 13.2. The lowest BCUT2D eigenvalue weighted by Gasteiger charge is -2.09. The Morgan fingerprint density at radius 1 is 1.17 bits per heavy atom. The van der Waals surface area contributed by atoms with E-state index < -0.39 is 0 Å². The average molecular weight is 413 g/mol. The minimum absolute atomic E-state index is 0.146. The highest BCUT2D eigenvalue weighted by molar-refractivity contribution is 7.16. The first-order valence-electron chi connectivity index (χ1n) is 10.1. The minimum atomic E-state index is -0.146. The van der Waals surface area contributed by atoms with Gasteiger partial charge in [0.2, 0.25) is 0 Å². The van der Waals surface area contributed by atoms with E-state index in [1.807, 2.05) is 49.4 Å². The smallest absolute Gasteiger partial charge is 0.280 e. The van der Waals surface area contributed by atoms with Crippen LogP contribution in [0.1, 0.15) is 40.1 Å². The van der Waals surface area contributed by atoms with Gasteiger partial charge in [0.25, 0.3) is 5.56 Å². The van der Waals surface area contributed by atoms with Crippen molar-refractivity contribution >= 4 is 33.3 Å². The van der Waals surface area contributed by atoms with Gasteiger partial charge in [0.1, 0.15) is 11.1 Å². The number of hydrogen-bond acceptors (Lipinski definition) is 4. The molecule has 2 aromatic heterocycles. The summed E-state index contributed by atoms with van der Waals surface area (Å²) in [5.41, 5.74) is 3.75. The van der Waals surface area contributed by atoms with E-state index in [1.165, 1.54) is 4.88 Å². The Morgan fingerprint density at radius 2 is 1.97 bits per heavy atom. The molecule has 1 aliphatic carbocycles. The summed E-state index contributed by atoms with van der Waals surface area (Å²) in [6, 6.07) is 16.2. The number of nitrogens with zero attached hydrogens (tertiary/aromatic N) is 3.